The van der Waals surface area contributed by atoms with E-state index in [-0.39, 0.29) is 23.3 Å². The molecule has 2 aliphatic heterocycles. The fourth-order valence-electron chi connectivity index (χ4n) is 4.24. The number of nitrogens with one attached hydrogen (secondary N) is 1. The summed E-state index contributed by atoms with van der Waals surface area (Å²) in [4.78, 5) is 26.1. The van der Waals surface area contributed by atoms with E-state index in [1.807, 2.05) is 0 Å². The molecule has 2 saturated heterocycles. The zero-order chi connectivity index (χ0) is 19.1. The zero-order valence-electron chi connectivity index (χ0n) is 16.1. The van der Waals surface area contributed by atoms with Crippen LogP contribution in [0.2, 0.25) is 17.1 Å². The van der Waals surface area contributed by atoms with Crippen LogP contribution in [-0.4, -0.2) is 41.8 Å². The van der Waals surface area contributed by atoms with Crippen LogP contribution in [0.15, 0.2) is 15.8 Å². The first-order valence-corrected chi connectivity index (χ1v) is 11.8. The molecule has 3 rings (SSSR count). The Morgan fingerprint density at radius 3 is 2.58 bits per heavy atom. The van der Waals surface area contributed by atoms with E-state index >= 15 is 0 Å². The summed E-state index contributed by atoms with van der Waals surface area (Å²) >= 11 is 0. The Labute approximate surface area is 154 Å². The smallest absolute Gasteiger partial charge is 0.330 e. The van der Waals surface area contributed by atoms with Crippen molar-refractivity contribution in [3.8, 4) is 0 Å². The summed E-state index contributed by atoms with van der Waals surface area (Å²) in [5, 5.41) is 9.91. The fourth-order valence-corrected chi connectivity index (χ4v) is 9.05. The second-order valence-electron chi connectivity index (χ2n) is 8.63. The lowest BCUT2D eigenvalue weighted by molar-refractivity contribution is -0.0441. The van der Waals surface area contributed by atoms with E-state index in [1.54, 1.807) is 6.92 Å². The molecule has 0 radical (unpaired) electrons. The number of aliphatic hydroxyl groups is 1. The van der Waals surface area contributed by atoms with E-state index < -0.39 is 26.3 Å². The van der Waals surface area contributed by atoms with Crippen molar-refractivity contribution in [2.75, 3.05) is 6.61 Å². The van der Waals surface area contributed by atoms with Gasteiger partial charge in [-0.25, -0.2) is 4.79 Å². The van der Waals surface area contributed by atoms with E-state index in [0.717, 1.165) is 12.1 Å². The molecule has 0 saturated carbocycles. The molecule has 1 unspecified atom stereocenters. The molecule has 2 N–H and O–H groups in total. The van der Waals surface area contributed by atoms with Crippen molar-refractivity contribution in [3.05, 3.63) is 32.6 Å². The quantitative estimate of drug-likeness (QED) is 0.778. The number of ether oxygens (including phenoxy) is 1. The molecular weight excluding hydrogens is 352 g/mol. The van der Waals surface area contributed by atoms with Crippen LogP contribution in [0.1, 0.15) is 51.8 Å². The second kappa shape index (κ2) is 7.07. The lowest BCUT2D eigenvalue weighted by atomic mass is 10.2. The van der Waals surface area contributed by atoms with Gasteiger partial charge in [0.1, 0.15) is 12.3 Å². The van der Waals surface area contributed by atoms with Crippen LogP contribution < -0.4 is 11.2 Å². The molecule has 8 heteroatoms. The topological polar surface area (TPSA) is 93.6 Å². The first kappa shape index (κ1) is 19.5. The van der Waals surface area contributed by atoms with Gasteiger partial charge < -0.3 is 14.3 Å². The van der Waals surface area contributed by atoms with Gasteiger partial charge in [0.2, 0.25) is 0 Å². The molecule has 0 bridgehead atoms. The maximum atomic E-state index is 12.2. The average Bonchev–Trinajstić information content (AvgIpc) is 3.18. The molecule has 1 aromatic rings. The lowest BCUT2D eigenvalue weighted by Crippen LogP contribution is -2.49. The van der Waals surface area contributed by atoms with Crippen molar-refractivity contribution >= 4 is 8.32 Å². The van der Waals surface area contributed by atoms with Crippen molar-refractivity contribution in [2.24, 2.45) is 0 Å². The molecule has 2 aliphatic rings. The molecule has 0 aliphatic carbocycles. The third kappa shape index (κ3) is 3.47. The summed E-state index contributed by atoms with van der Waals surface area (Å²) in [7, 11) is -1.96. The first-order valence-electron chi connectivity index (χ1n) is 9.43. The SMILES string of the molecule is Cc1cn([C@@H]2CC(O[Si]3(C(C)(C)C)CCCC3)[C@H](CO)O2)c(=O)[nH]c1=O. The zero-order valence-corrected chi connectivity index (χ0v) is 17.1. The monoisotopic (exact) mass is 382 g/mol. The number of nitrogens with zero attached hydrogens (tertiary/aromatic N) is 1. The number of hydrogen-bond acceptors (Lipinski definition) is 5. The van der Waals surface area contributed by atoms with Crippen LogP contribution in [0.3, 0.4) is 0 Å². The largest absolute Gasteiger partial charge is 0.410 e. The van der Waals surface area contributed by atoms with Crippen molar-refractivity contribution in [2.45, 2.75) is 82.5 Å². The van der Waals surface area contributed by atoms with Crippen LogP contribution in [-0.2, 0) is 9.16 Å². The Hall–Kier alpha value is -1.22. The van der Waals surface area contributed by atoms with Gasteiger partial charge in [-0.2, -0.15) is 0 Å². The molecule has 7 nitrogen and oxygen atoms in total. The molecule has 2 fully saturated rings. The molecule has 26 heavy (non-hydrogen) atoms. The van der Waals surface area contributed by atoms with Crippen molar-refractivity contribution in [1.82, 2.24) is 9.55 Å². The lowest BCUT2D eigenvalue weighted by Gasteiger charge is -2.42. The van der Waals surface area contributed by atoms with Crippen LogP contribution >= 0.6 is 0 Å². The Balaban J connectivity index is 1.85. The summed E-state index contributed by atoms with van der Waals surface area (Å²) in [6.07, 6.45) is 3.20. The van der Waals surface area contributed by atoms with Crippen molar-refractivity contribution in [3.63, 3.8) is 0 Å². The summed E-state index contributed by atoms with van der Waals surface area (Å²) in [5.74, 6) is 0. The van der Waals surface area contributed by atoms with Gasteiger partial charge in [-0.3, -0.25) is 14.3 Å². The van der Waals surface area contributed by atoms with E-state index in [9.17, 15) is 14.7 Å². The second-order valence-corrected chi connectivity index (χ2v) is 13.4. The standard InChI is InChI=1S/C18H30N2O5Si/c1-12-10-20(17(23)19-16(12)22)15-9-13(14(11-21)24-15)25-26(18(2,3)4)7-5-6-8-26/h10,13-15,21H,5-9,11H2,1-4H3,(H,19,22,23)/t13?,14-,15-/m0/s1. The Morgan fingerprint density at radius 1 is 1.35 bits per heavy atom. The Bertz CT molecular complexity index is 760. The minimum atomic E-state index is -1.96. The van der Waals surface area contributed by atoms with Gasteiger partial charge in [0.05, 0.1) is 12.7 Å². The highest BCUT2D eigenvalue weighted by Crippen LogP contribution is 2.50. The summed E-state index contributed by atoms with van der Waals surface area (Å²) in [5.41, 5.74) is -0.429. The van der Waals surface area contributed by atoms with Crippen LogP contribution in [0, 0.1) is 6.92 Å². The summed E-state index contributed by atoms with van der Waals surface area (Å²) in [6, 6.07) is 2.26. The Kier molecular flexibility index (Phi) is 5.31. The third-order valence-electron chi connectivity index (χ3n) is 5.97. The molecule has 0 spiro atoms. The number of aromatic nitrogens is 2. The fraction of sp³-hybridized carbons (Fsp3) is 0.778. The van der Waals surface area contributed by atoms with Gasteiger partial charge in [-0.05, 0) is 24.1 Å². The minimum absolute atomic E-state index is 0.118. The molecular formula is C18H30N2O5Si. The van der Waals surface area contributed by atoms with Crippen LogP contribution in [0.25, 0.3) is 0 Å². The van der Waals surface area contributed by atoms with E-state index in [4.69, 9.17) is 9.16 Å². The van der Waals surface area contributed by atoms with Gasteiger partial charge in [-0.15, -0.1) is 0 Å². The average molecular weight is 383 g/mol. The number of aryl methyl sites for hydroxylation is 1. The van der Waals surface area contributed by atoms with Gasteiger partial charge in [-0.1, -0.05) is 33.6 Å². The van der Waals surface area contributed by atoms with Gasteiger partial charge >= 0.3 is 5.69 Å². The molecule has 1 aromatic heterocycles. The van der Waals surface area contributed by atoms with Gasteiger partial charge in [0.15, 0.2) is 8.32 Å². The van der Waals surface area contributed by atoms with Crippen molar-refractivity contribution in [1.29, 1.82) is 0 Å². The Morgan fingerprint density at radius 2 is 2.00 bits per heavy atom. The minimum Gasteiger partial charge on any atom is -0.410 e. The predicted molar refractivity (Wildman–Crippen MR) is 101 cm³/mol. The number of aromatic amines is 1. The van der Waals surface area contributed by atoms with Gasteiger partial charge in [0.25, 0.3) is 5.56 Å². The van der Waals surface area contributed by atoms with E-state index in [0.29, 0.717) is 12.0 Å². The number of hydrogen-bond donors (Lipinski definition) is 2. The highest BCUT2D eigenvalue weighted by molar-refractivity contribution is 6.77. The highest BCUT2D eigenvalue weighted by Gasteiger charge is 2.52. The number of aliphatic hydroxyl groups excluding tert-OH is 1. The third-order valence-corrected chi connectivity index (χ3v) is 11.8. The molecule has 0 amide bonds. The normalized spacial score (nSPS) is 28.6. The van der Waals surface area contributed by atoms with Crippen LogP contribution in [0.5, 0.6) is 0 Å². The molecule has 0 aromatic carbocycles. The van der Waals surface area contributed by atoms with Crippen LogP contribution in [0.4, 0.5) is 0 Å². The van der Waals surface area contributed by atoms with Crippen molar-refractivity contribution < 1.29 is 14.3 Å². The molecule has 3 atom stereocenters. The number of rotatable bonds is 4. The summed E-state index contributed by atoms with van der Waals surface area (Å²) < 4.78 is 14.1. The maximum absolute atomic E-state index is 12.2. The van der Waals surface area contributed by atoms with Gasteiger partial charge in [0, 0.05) is 18.2 Å². The maximum Gasteiger partial charge on any atom is 0.330 e. The predicted octanol–water partition coefficient (Wildman–Crippen LogP) is 2.05. The molecule has 146 valence electrons. The first-order chi connectivity index (χ1) is 12.2. The molecule has 3 heterocycles. The van der Waals surface area contributed by atoms with E-state index in [2.05, 4.69) is 25.8 Å². The number of H-pyrrole nitrogens is 1. The highest BCUT2D eigenvalue weighted by atomic mass is 28.4. The van der Waals surface area contributed by atoms with E-state index in [1.165, 1.54) is 23.6 Å². The summed E-state index contributed by atoms with van der Waals surface area (Å²) in [6.45, 7) is 8.26.